The zero-order valence-electron chi connectivity index (χ0n) is 14.0. The topological polar surface area (TPSA) is 146 Å². The van der Waals surface area contributed by atoms with E-state index in [0.29, 0.717) is 11.5 Å². The predicted octanol–water partition coefficient (Wildman–Crippen LogP) is -0.547. The van der Waals surface area contributed by atoms with E-state index in [0.717, 1.165) is 0 Å². The van der Waals surface area contributed by atoms with Crippen molar-refractivity contribution in [3.05, 3.63) is 66.9 Å². The molecule has 0 fully saturated rings. The Balaban J connectivity index is 1.84. The molecule has 136 valence electrons. The van der Waals surface area contributed by atoms with Gasteiger partial charge in [0.05, 0.1) is 6.20 Å². The van der Waals surface area contributed by atoms with Crippen LogP contribution in [-0.4, -0.2) is 48.1 Å². The number of pyridine rings is 1. The van der Waals surface area contributed by atoms with Crippen LogP contribution < -0.4 is 11.1 Å². The minimum atomic E-state index is -1.17. The second-order valence-electron chi connectivity index (χ2n) is 5.50. The Bertz CT molecular complexity index is 957. The summed E-state index contributed by atoms with van der Waals surface area (Å²) in [4.78, 5) is 52.1. The molecule has 3 aromatic rings. The predicted molar refractivity (Wildman–Crippen MR) is 92.6 cm³/mol. The molecule has 0 aliphatic heterocycles. The summed E-state index contributed by atoms with van der Waals surface area (Å²) in [5.41, 5.74) is 5.73. The number of rotatable bonds is 7. The van der Waals surface area contributed by atoms with E-state index < -0.39 is 23.6 Å². The molecule has 3 aromatic heterocycles. The van der Waals surface area contributed by atoms with Crippen LogP contribution in [0.4, 0.5) is 0 Å². The number of nitrogens with one attached hydrogen (secondary N) is 1. The van der Waals surface area contributed by atoms with Crippen LogP contribution in [0.15, 0.2) is 55.5 Å². The van der Waals surface area contributed by atoms with Crippen LogP contribution in [0.25, 0.3) is 5.82 Å². The van der Waals surface area contributed by atoms with Crippen LogP contribution >= 0.6 is 0 Å². The van der Waals surface area contributed by atoms with Crippen molar-refractivity contribution in [2.24, 2.45) is 5.73 Å². The number of ketones is 1. The maximum atomic E-state index is 12.7. The summed E-state index contributed by atoms with van der Waals surface area (Å²) in [6.07, 6.45) is 7.12. The first kappa shape index (κ1) is 17.9. The van der Waals surface area contributed by atoms with Crippen molar-refractivity contribution in [1.29, 1.82) is 0 Å². The lowest BCUT2D eigenvalue weighted by Crippen LogP contribution is -2.47. The standard InChI is InChI=1S/C17H15N7O3/c18-16(26)15(25)12(7-11-4-6-19-9-22-11)23-17(27)13-8-20-10-24(13)14-3-1-2-5-21-14/h1-6,8-10,12H,7H2,(H2,18,26)(H,23,27). The maximum absolute atomic E-state index is 12.7. The van der Waals surface area contributed by atoms with Crippen molar-refractivity contribution >= 4 is 17.6 Å². The summed E-state index contributed by atoms with van der Waals surface area (Å²) < 4.78 is 1.46. The monoisotopic (exact) mass is 365 g/mol. The van der Waals surface area contributed by atoms with Crippen molar-refractivity contribution in [1.82, 2.24) is 29.8 Å². The number of hydrogen-bond donors (Lipinski definition) is 2. The number of hydrogen-bond acceptors (Lipinski definition) is 7. The van der Waals surface area contributed by atoms with Gasteiger partial charge in [-0.15, -0.1) is 0 Å². The number of imidazole rings is 1. The van der Waals surface area contributed by atoms with E-state index in [9.17, 15) is 14.4 Å². The van der Waals surface area contributed by atoms with Crippen LogP contribution in [-0.2, 0) is 16.0 Å². The van der Waals surface area contributed by atoms with Gasteiger partial charge in [-0.05, 0) is 18.2 Å². The highest BCUT2D eigenvalue weighted by atomic mass is 16.2. The zero-order chi connectivity index (χ0) is 19.2. The summed E-state index contributed by atoms with van der Waals surface area (Å²) in [5.74, 6) is -2.20. The van der Waals surface area contributed by atoms with Gasteiger partial charge < -0.3 is 11.1 Å². The lowest BCUT2D eigenvalue weighted by Gasteiger charge is -2.16. The molecule has 1 atom stereocenters. The Morgan fingerprint density at radius 3 is 2.63 bits per heavy atom. The molecule has 3 heterocycles. The van der Waals surface area contributed by atoms with Crippen LogP contribution in [0.3, 0.4) is 0 Å². The van der Waals surface area contributed by atoms with E-state index >= 15 is 0 Å². The first-order valence-corrected chi connectivity index (χ1v) is 7.89. The summed E-state index contributed by atoms with van der Waals surface area (Å²) in [5, 5.41) is 2.52. The lowest BCUT2D eigenvalue weighted by atomic mass is 10.1. The van der Waals surface area contributed by atoms with Gasteiger partial charge in [0.1, 0.15) is 30.2 Å². The van der Waals surface area contributed by atoms with E-state index in [-0.39, 0.29) is 12.1 Å². The first-order chi connectivity index (χ1) is 13.1. The molecule has 0 saturated carbocycles. The molecule has 0 aromatic carbocycles. The molecule has 3 N–H and O–H groups in total. The Morgan fingerprint density at radius 2 is 1.96 bits per heavy atom. The first-order valence-electron chi connectivity index (χ1n) is 7.89. The number of carbonyl (C=O) groups excluding carboxylic acids is 3. The normalized spacial score (nSPS) is 11.6. The van der Waals surface area contributed by atoms with Crippen molar-refractivity contribution in [2.75, 3.05) is 0 Å². The molecular weight excluding hydrogens is 350 g/mol. The third-order valence-electron chi connectivity index (χ3n) is 3.69. The van der Waals surface area contributed by atoms with E-state index in [4.69, 9.17) is 5.73 Å². The smallest absolute Gasteiger partial charge is 0.287 e. The fourth-order valence-electron chi connectivity index (χ4n) is 2.40. The maximum Gasteiger partial charge on any atom is 0.287 e. The summed E-state index contributed by atoms with van der Waals surface area (Å²) in [6.45, 7) is 0. The molecular formula is C17H15N7O3. The van der Waals surface area contributed by atoms with Gasteiger partial charge in [0.15, 0.2) is 0 Å². The number of amides is 2. The summed E-state index contributed by atoms with van der Waals surface area (Å²) >= 11 is 0. The van der Waals surface area contributed by atoms with Gasteiger partial charge in [-0.1, -0.05) is 6.07 Å². The fraction of sp³-hybridized carbons (Fsp3) is 0.118. The summed E-state index contributed by atoms with van der Waals surface area (Å²) in [7, 11) is 0. The molecule has 27 heavy (non-hydrogen) atoms. The average Bonchev–Trinajstić information content (AvgIpc) is 3.18. The van der Waals surface area contributed by atoms with E-state index in [1.165, 1.54) is 29.6 Å². The van der Waals surface area contributed by atoms with Gasteiger partial charge in [-0.25, -0.2) is 19.9 Å². The molecule has 0 radical (unpaired) electrons. The SMILES string of the molecule is NC(=O)C(=O)C(Cc1ccncn1)NC(=O)c1cncn1-c1ccccn1. The Kier molecular flexibility index (Phi) is 5.26. The molecule has 0 spiro atoms. The van der Waals surface area contributed by atoms with E-state index in [1.807, 2.05) is 0 Å². The van der Waals surface area contributed by atoms with Crippen LogP contribution in [0, 0.1) is 0 Å². The molecule has 1 unspecified atom stereocenters. The van der Waals surface area contributed by atoms with Gasteiger partial charge in [0, 0.05) is 24.5 Å². The third-order valence-corrected chi connectivity index (χ3v) is 3.69. The number of Topliss-reactive ketones (excluding diaryl/α,β-unsaturated/α-hetero) is 1. The highest BCUT2D eigenvalue weighted by Crippen LogP contribution is 2.09. The van der Waals surface area contributed by atoms with Gasteiger partial charge in [-0.2, -0.15) is 0 Å². The number of aromatic nitrogens is 5. The van der Waals surface area contributed by atoms with Crippen molar-refractivity contribution in [3.63, 3.8) is 0 Å². The van der Waals surface area contributed by atoms with Gasteiger partial charge in [0.2, 0.25) is 5.78 Å². The van der Waals surface area contributed by atoms with Crippen LogP contribution in [0.1, 0.15) is 16.2 Å². The second kappa shape index (κ2) is 7.95. The molecule has 0 aliphatic carbocycles. The van der Waals surface area contributed by atoms with Gasteiger partial charge in [0.25, 0.3) is 11.8 Å². The minimum Gasteiger partial charge on any atom is -0.363 e. The van der Waals surface area contributed by atoms with Gasteiger partial charge in [-0.3, -0.25) is 19.0 Å². The van der Waals surface area contributed by atoms with Crippen molar-refractivity contribution in [3.8, 4) is 5.82 Å². The van der Waals surface area contributed by atoms with Gasteiger partial charge >= 0.3 is 0 Å². The Labute approximate surface area is 153 Å². The highest BCUT2D eigenvalue weighted by Gasteiger charge is 2.27. The second-order valence-corrected chi connectivity index (χ2v) is 5.50. The van der Waals surface area contributed by atoms with Crippen molar-refractivity contribution in [2.45, 2.75) is 12.5 Å². The van der Waals surface area contributed by atoms with E-state index in [2.05, 4.69) is 25.3 Å². The Hall–Kier alpha value is -3.95. The van der Waals surface area contributed by atoms with E-state index in [1.54, 1.807) is 30.5 Å². The molecule has 2 amide bonds. The Morgan fingerprint density at radius 1 is 1.11 bits per heavy atom. The summed E-state index contributed by atoms with van der Waals surface area (Å²) in [6, 6.07) is 5.61. The number of primary amides is 1. The van der Waals surface area contributed by atoms with Crippen LogP contribution in [0.5, 0.6) is 0 Å². The number of nitrogens with zero attached hydrogens (tertiary/aromatic N) is 5. The van der Waals surface area contributed by atoms with Crippen LogP contribution in [0.2, 0.25) is 0 Å². The highest BCUT2D eigenvalue weighted by molar-refractivity contribution is 6.38. The van der Waals surface area contributed by atoms with Crippen molar-refractivity contribution < 1.29 is 14.4 Å². The third kappa shape index (κ3) is 4.18. The lowest BCUT2D eigenvalue weighted by molar-refractivity contribution is -0.137. The molecule has 10 heteroatoms. The minimum absolute atomic E-state index is 0.00619. The number of nitrogens with two attached hydrogens (primary N) is 1. The fourth-order valence-corrected chi connectivity index (χ4v) is 2.40. The average molecular weight is 365 g/mol. The number of carbonyl (C=O) groups is 3. The molecule has 0 bridgehead atoms. The molecule has 0 aliphatic rings. The zero-order valence-corrected chi connectivity index (χ0v) is 14.0. The molecule has 0 saturated heterocycles. The molecule has 3 rings (SSSR count). The largest absolute Gasteiger partial charge is 0.363 e. The molecule has 10 nitrogen and oxygen atoms in total. The quantitative estimate of drug-likeness (QED) is 0.534.